The molecule has 5 aromatic carbocycles. The van der Waals surface area contributed by atoms with Crippen molar-refractivity contribution in [3.63, 3.8) is 0 Å². The zero-order valence-electron chi connectivity index (χ0n) is 36.1. The first-order valence-electron chi connectivity index (χ1n) is 21.1. The third-order valence-corrected chi connectivity index (χ3v) is 14.1. The number of carbonyl (C=O) groups excluding carboxylic acids is 4. The number of nitrogens with zero attached hydrogens (tertiary/aromatic N) is 3. The Hall–Kier alpha value is -6.92. The number of ether oxygens (including phenoxy) is 3. The van der Waals surface area contributed by atoms with Gasteiger partial charge < -0.3 is 34.8 Å². The maximum atomic E-state index is 14.4. The SMILES string of the molecule is COc1ccc(COC(=O)C2=C(SCCO)CS[C@@H]3[C@H](NC(=O)/C(=N\OCC(=O)OCc4ccccc4)c4csc(NC(c5ccccc5)(c5ccccc5)c5ccccc5)n4)C(=O)N23)cc1. The van der Waals surface area contributed by atoms with Gasteiger partial charge in [0.2, 0.25) is 6.61 Å². The number of anilines is 1. The van der Waals surface area contributed by atoms with Crippen molar-refractivity contribution in [3.05, 3.63) is 195 Å². The second kappa shape index (κ2) is 22.0. The maximum absolute atomic E-state index is 14.4. The van der Waals surface area contributed by atoms with E-state index in [4.69, 9.17) is 24.0 Å². The number of benzene rings is 5. The first-order chi connectivity index (χ1) is 32.8. The van der Waals surface area contributed by atoms with E-state index in [1.165, 1.54) is 39.8 Å². The van der Waals surface area contributed by atoms with Crippen molar-refractivity contribution in [2.24, 2.45) is 5.16 Å². The van der Waals surface area contributed by atoms with Gasteiger partial charge >= 0.3 is 11.9 Å². The van der Waals surface area contributed by atoms with Gasteiger partial charge in [0.25, 0.3) is 11.8 Å². The number of methoxy groups -OCH3 is 1. The summed E-state index contributed by atoms with van der Waals surface area (Å²) in [4.78, 5) is 67.2. The molecule has 6 aromatic rings. The molecule has 2 aliphatic rings. The zero-order chi connectivity index (χ0) is 46.6. The number of hydrogen-bond acceptors (Lipinski definition) is 15. The van der Waals surface area contributed by atoms with Crippen molar-refractivity contribution in [1.82, 2.24) is 15.2 Å². The Morgan fingerprint density at radius 1 is 0.821 bits per heavy atom. The number of aliphatic hydroxyl groups excluding tert-OH is 1. The first kappa shape index (κ1) is 46.6. The fourth-order valence-electron chi connectivity index (χ4n) is 7.52. The maximum Gasteiger partial charge on any atom is 0.356 e. The molecule has 0 radical (unpaired) electrons. The number of hydrogen-bond donors (Lipinski definition) is 3. The number of aliphatic hydroxyl groups is 1. The molecule has 2 aliphatic heterocycles. The number of oxime groups is 1. The van der Waals surface area contributed by atoms with Crippen LogP contribution in [0.15, 0.2) is 167 Å². The van der Waals surface area contributed by atoms with Crippen LogP contribution in [0, 0.1) is 0 Å². The van der Waals surface area contributed by atoms with Crippen molar-refractivity contribution >= 4 is 69.5 Å². The van der Waals surface area contributed by atoms with Crippen molar-refractivity contribution in [2.75, 3.05) is 37.1 Å². The highest BCUT2D eigenvalue weighted by Crippen LogP contribution is 2.44. The van der Waals surface area contributed by atoms with Crippen LogP contribution in [0.25, 0.3) is 0 Å². The van der Waals surface area contributed by atoms with Gasteiger partial charge in [-0.15, -0.1) is 34.9 Å². The standard InChI is InChI=1S/C50H45N5O9S3/c1-61-38-24-22-34(23-25-38)29-63-48(60)44-40(65-27-26-56)32-66-47-43(46(59)55(44)47)52-45(58)42(54-64-30-41(57)62-28-33-14-6-2-7-15-33)39-31-67-49(51-39)53-50(35-16-8-3-9-17-35,36-18-10-4-11-19-36)37-20-12-5-13-21-37/h2-25,31,43,47,56H,26-30,32H2,1H3,(H,51,53)(H,52,58)/b54-42-/t43-,47-/m1/s1. The molecule has 1 fully saturated rings. The lowest BCUT2D eigenvalue weighted by molar-refractivity contribution is -0.153. The first-order valence-corrected chi connectivity index (χ1v) is 24.0. The third kappa shape index (κ3) is 10.7. The van der Waals surface area contributed by atoms with Crippen molar-refractivity contribution in [2.45, 2.75) is 30.2 Å². The predicted octanol–water partition coefficient (Wildman–Crippen LogP) is 7.10. The van der Waals surface area contributed by atoms with Crippen LogP contribution >= 0.6 is 34.9 Å². The number of fused-ring (bicyclic) bond motifs is 1. The summed E-state index contributed by atoms with van der Waals surface area (Å²) in [5, 5.41) is 21.6. The quantitative estimate of drug-likeness (QED) is 0.0232. The van der Waals surface area contributed by atoms with E-state index in [-0.39, 0.29) is 36.9 Å². The molecule has 1 saturated heterocycles. The fourth-order valence-corrected chi connectivity index (χ4v) is 10.7. The molecule has 8 rings (SSSR count). The molecule has 2 atom stereocenters. The van der Waals surface area contributed by atoms with Crippen molar-refractivity contribution < 1.29 is 43.3 Å². The molecule has 1 aromatic heterocycles. The molecule has 17 heteroatoms. The molecule has 0 saturated carbocycles. The van der Waals surface area contributed by atoms with Crippen LogP contribution in [0.4, 0.5) is 5.13 Å². The van der Waals surface area contributed by atoms with Crippen LogP contribution < -0.4 is 15.4 Å². The number of thiazole rings is 1. The summed E-state index contributed by atoms with van der Waals surface area (Å²) in [6.45, 7) is -0.805. The molecular weight excluding hydrogens is 911 g/mol. The molecule has 3 N–H and O–H groups in total. The molecule has 3 heterocycles. The predicted molar refractivity (Wildman–Crippen MR) is 258 cm³/mol. The largest absolute Gasteiger partial charge is 0.497 e. The Labute approximate surface area is 399 Å². The fraction of sp³-hybridized carbons (Fsp3) is 0.200. The van der Waals surface area contributed by atoms with Crippen LogP contribution in [-0.2, 0) is 52.2 Å². The number of nitrogens with one attached hydrogen (secondary N) is 2. The monoisotopic (exact) mass is 955 g/mol. The Kier molecular flexibility index (Phi) is 15.3. The molecule has 14 nitrogen and oxygen atoms in total. The summed E-state index contributed by atoms with van der Waals surface area (Å²) >= 11 is 3.84. The Balaban J connectivity index is 1.06. The van der Waals surface area contributed by atoms with E-state index in [0.717, 1.165) is 22.3 Å². The van der Waals surface area contributed by atoms with Gasteiger partial charge in [-0.2, -0.15) is 0 Å². The molecule has 0 unspecified atom stereocenters. The molecule has 0 spiro atoms. The van der Waals surface area contributed by atoms with E-state index in [1.54, 1.807) is 36.8 Å². The summed E-state index contributed by atoms with van der Waals surface area (Å²) in [7, 11) is 1.56. The van der Waals surface area contributed by atoms with E-state index < -0.39 is 47.3 Å². The highest BCUT2D eigenvalue weighted by Gasteiger charge is 2.55. The van der Waals surface area contributed by atoms with Crippen LogP contribution in [0.3, 0.4) is 0 Å². The summed E-state index contributed by atoms with van der Waals surface area (Å²) in [5.74, 6) is -1.52. The average molecular weight is 956 g/mol. The van der Waals surface area contributed by atoms with E-state index in [0.29, 0.717) is 32.9 Å². The summed E-state index contributed by atoms with van der Waals surface area (Å²) in [6.07, 6.45) is 0. The Bertz CT molecular complexity index is 2630. The third-order valence-electron chi connectivity index (χ3n) is 10.8. The van der Waals surface area contributed by atoms with Crippen LogP contribution in [-0.4, -0.2) is 87.7 Å². The lowest BCUT2D eigenvalue weighted by atomic mass is 9.77. The van der Waals surface area contributed by atoms with Gasteiger partial charge in [-0.1, -0.05) is 139 Å². The van der Waals surface area contributed by atoms with Crippen LogP contribution in [0.1, 0.15) is 33.5 Å². The van der Waals surface area contributed by atoms with Gasteiger partial charge in [-0.3, -0.25) is 14.5 Å². The number of carbonyl (C=O) groups is 4. The summed E-state index contributed by atoms with van der Waals surface area (Å²) < 4.78 is 16.3. The van der Waals surface area contributed by atoms with Gasteiger partial charge in [0.05, 0.1) is 13.7 Å². The van der Waals surface area contributed by atoms with Crippen LogP contribution in [0.2, 0.25) is 0 Å². The Morgan fingerprint density at radius 3 is 2.00 bits per heavy atom. The molecule has 342 valence electrons. The van der Waals surface area contributed by atoms with E-state index >= 15 is 0 Å². The minimum Gasteiger partial charge on any atom is -0.497 e. The summed E-state index contributed by atoms with van der Waals surface area (Å²) in [5.41, 5.74) is 3.22. The zero-order valence-corrected chi connectivity index (χ0v) is 38.6. The van der Waals surface area contributed by atoms with Crippen LogP contribution in [0.5, 0.6) is 5.75 Å². The number of β-lactam (4-membered cyclic amide) rings is 1. The topological polar surface area (TPSA) is 178 Å². The van der Waals surface area contributed by atoms with Crippen molar-refractivity contribution in [1.29, 1.82) is 0 Å². The highest BCUT2D eigenvalue weighted by atomic mass is 32.2. The van der Waals surface area contributed by atoms with Gasteiger partial charge in [-0.05, 0) is 39.9 Å². The number of thioether (sulfide) groups is 2. The van der Waals surface area contributed by atoms with E-state index in [2.05, 4.69) is 15.8 Å². The summed E-state index contributed by atoms with van der Waals surface area (Å²) in [6, 6.07) is 44.9. The normalized spacial score (nSPS) is 15.8. The number of aromatic nitrogens is 1. The van der Waals surface area contributed by atoms with Gasteiger partial charge in [0, 0.05) is 21.8 Å². The van der Waals surface area contributed by atoms with Gasteiger partial charge in [-0.25, -0.2) is 14.6 Å². The lowest BCUT2D eigenvalue weighted by Crippen LogP contribution is -2.71. The molecule has 0 bridgehead atoms. The number of rotatable bonds is 20. The molecule has 67 heavy (non-hydrogen) atoms. The Morgan fingerprint density at radius 2 is 1.40 bits per heavy atom. The second-order valence-corrected chi connectivity index (χ2v) is 18.2. The van der Waals surface area contributed by atoms with Gasteiger partial charge in [0.1, 0.15) is 47.3 Å². The number of esters is 2. The highest BCUT2D eigenvalue weighted by molar-refractivity contribution is 8.06. The molecule has 2 amide bonds. The minimum atomic E-state index is -1.08. The molecule has 0 aliphatic carbocycles. The number of amides is 2. The second-order valence-electron chi connectivity index (χ2n) is 15.0. The van der Waals surface area contributed by atoms with E-state index in [1.807, 2.05) is 121 Å². The smallest absolute Gasteiger partial charge is 0.356 e. The van der Waals surface area contributed by atoms with Gasteiger partial charge in [0.15, 0.2) is 10.8 Å². The van der Waals surface area contributed by atoms with Crippen molar-refractivity contribution in [3.8, 4) is 5.75 Å². The lowest BCUT2D eigenvalue weighted by Gasteiger charge is -2.49. The molecular formula is C50H45N5O9S3. The average Bonchev–Trinajstić information content (AvgIpc) is 3.85. The minimum absolute atomic E-state index is 0.0121. The van der Waals surface area contributed by atoms with E-state index in [9.17, 15) is 24.3 Å².